The smallest absolute Gasteiger partial charge is 0.327 e. The van der Waals surface area contributed by atoms with Crippen LogP contribution in [0.2, 0.25) is 0 Å². The van der Waals surface area contributed by atoms with E-state index in [1.54, 1.807) is 0 Å². The minimum atomic E-state index is -1.99. The van der Waals surface area contributed by atoms with E-state index in [1.165, 1.54) is 0 Å². The van der Waals surface area contributed by atoms with Crippen molar-refractivity contribution in [3.63, 3.8) is 0 Å². The highest BCUT2D eigenvalue weighted by atomic mass is 16.6. The Kier molecular flexibility index (Phi) is 5.25. The second-order valence-electron chi connectivity index (χ2n) is 3.07. The Morgan fingerprint density at radius 2 is 1.81 bits per heavy atom. The molecule has 0 bridgehead atoms. The molecule has 0 aromatic carbocycles. The maximum absolute atomic E-state index is 10.6. The van der Waals surface area contributed by atoms with Gasteiger partial charge in [-0.25, -0.2) is 0 Å². The number of hydrogen-bond acceptors (Lipinski definition) is 7. The Morgan fingerprint density at radius 3 is 2.06 bits per heavy atom. The number of carbonyl (C=O) groups is 1. The number of nitrogens with two attached hydrogens (primary N) is 2. The minimum absolute atomic E-state index is 0.164. The number of aliphatic carboxylic acids is 1. The fraction of sp³-hybridized carbons (Fsp3) is 0.833. The summed E-state index contributed by atoms with van der Waals surface area (Å²) in [5.41, 5.74) is 10.1. The van der Waals surface area contributed by atoms with Gasteiger partial charge in [-0.3, -0.25) is 25.0 Å². The van der Waals surface area contributed by atoms with Gasteiger partial charge in [-0.2, -0.15) is 0 Å². The van der Waals surface area contributed by atoms with Gasteiger partial charge >= 0.3 is 12.0 Å². The molecule has 0 aliphatic carbocycles. The number of carboxylic acids is 1. The van der Waals surface area contributed by atoms with E-state index in [9.17, 15) is 25.0 Å². The van der Waals surface area contributed by atoms with Crippen LogP contribution < -0.4 is 11.5 Å². The maximum Gasteiger partial charge on any atom is 0.327 e. The van der Waals surface area contributed by atoms with Crippen molar-refractivity contribution in [1.29, 1.82) is 0 Å². The number of nitro groups is 2. The van der Waals surface area contributed by atoms with Crippen LogP contribution in [0, 0.1) is 20.2 Å². The van der Waals surface area contributed by atoms with Crippen molar-refractivity contribution >= 4 is 5.97 Å². The van der Waals surface area contributed by atoms with Gasteiger partial charge in [-0.15, -0.1) is 0 Å². The van der Waals surface area contributed by atoms with Gasteiger partial charge in [-0.1, -0.05) is 0 Å². The molecule has 10 heteroatoms. The third-order valence-corrected chi connectivity index (χ3v) is 2.02. The molecule has 0 aliphatic heterocycles. The summed E-state index contributed by atoms with van der Waals surface area (Å²) in [6.07, 6.45) is -0.306. The van der Waals surface area contributed by atoms with Crippen LogP contribution in [0.1, 0.15) is 6.42 Å². The topological polar surface area (TPSA) is 176 Å². The van der Waals surface area contributed by atoms with E-state index in [4.69, 9.17) is 16.6 Å². The van der Waals surface area contributed by atoms with E-state index in [-0.39, 0.29) is 13.0 Å². The molecule has 10 nitrogen and oxygen atoms in total. The molecular formula is C6H12N4O6. The van der Waals surface area contributed by atoms with Gasteiger partial charge in [0.25, 0.3) is 6.04 Å². The quantitative estimate of drug-likeness (QED) is 0.337. The molecule has 0 aliphatic rings. The first-order chi connectivity index (χ1) is 7.32. The molecule has 0 saturated carbocycles. The average Bonchev–Trinajstić information content (AvgIpc) is 2.15. The highest BCUT2D eigenvalue weighted by molar-refractivity contribution is 5.74. The van der Waals surface area contributed by atoms with Crippen LogP contribution in [-0.4, -0.2) is 45.6 Å². The van der Waals surface area contributed by atoms with E-state index >= 15 is 0 Å². The summed E-state index contributed by atoms with van der Waals surface area (Å²) in [5.74, 6) is -1.66. The fourth-order valence-electron chi connectivity index (χ4n) is 1.23. The van der Waals surface area contributed by atoms with E-state index in [0.29, 0.717) is 0 Å². The molecule has 0 heterocycles. The Morgan fingerprint density at radius 1 is 1.31 bits per heavy atom. The van der Waals surface area contributed by atoms with Gasteiger partial charge in [0.15, 0.2) is 6.04 Å². The van der Waals surface area contributed by atoms with Crippen LogP contribution in [0.15, 0.2) is 0 Å². The number of nitrogens with zero attached hydrogens (tertiary/aromatic N) is 2. The molecule has 5 N–H and O–H groups in total. The zero-order valence-corrected chi connectivity index (χ0v) is 8.18. The monoisotopic (exact) mass is 236 g/mol. The van der Waals surface area contributed by atoms with Crippen molar-refractivity contribution in [1.82, 2.24) is 0 Å². The van der Waals surface area contributed by atoms with E-state index in [1.807, 2.05) is 0 Å². The largest absolute Gasteiger partial charge is 0.480 e. The summed E-state index contributed by atoms with van der Waals surface area (Å²) in [6.45, 7) is -0.164. The summed E-state index contributed by atoms with van der Waals surface area (Å²) in [4.78, 5) is 29.7. The SMILES string of the molecule is NCCC(C(C(N)C(=O)O)[N+](=O)[O-])[N+](=O)[O-]. The van der Waals surface area contributed by atoms with E-state index in [2.05, 4.69) is 0 Å². The second kappa shape index (κ2) is 5.92. The Hall–Kier alpha value is -1.81. The number of carboxylic acid groups (broad SMARTS) is 1. The van der Waals surface area contributed by atoms with Crippen molar-refractivity contribution in [2.75, 3.05) is 6.54 Å². The fourth-order valence-corrected chi connectivity index (χ4v) is 1.23. The summed E-state index contributed by atoms with van der Waals surface area (Å²) in [7, 11) is 0. The van der Waals surface area contributed by atoms with Crippen molar-refractivity contribution in [3.05, 3.63) is 20.2 Å². The molecule has 0 aromatic rings. The Balaban J connectivity index is 5.06. The van der Waals surface area contributed by atoms with Gasteiger partial charge in [0.1, 0.15) is 0 Å². The lowest BCUT2D eigenvalue weighted by atomic mass is 9.99. The lowest BCUT2D eigenvalue weighted by Gasteiger charge is -2.16. The Labute approximate surface area is 89.5 Å². The highest BCUT2D eigenvalue weighted by Crippen LogP contribution is 2.10. The van der Waals surface area contributed by atoms with Crippen LogP contribution in [-0.2, 0) is 4.79 Å². The van der Waals surface area contributed by atoms with Crippen molar-refractivity contribution in [2.24, 2.45) is 11.5 Å². The summed E-state index contributed by atoms with van der Waals surface area (Å²) >= 11 is 0. The molecule has 92 valence electrons. The molecular weight excluding hydrogens is 224 g/mol. The first-order valence-electron chi connectivity index (χ1n) is 4.28. The summed E-state index contributed by atoms with van der Waals surface area (Å²) in [6, 6.07) is -5.63. The van der Waals surface area contributed by atoms with Crippen molar-refractivity contribution < 1.29 is 19.7 Å². The second-order valence-corrected chi connectivity index (χ2v) is 3.07. The third-order valence-electron chi connectivity index (χ3n) is 2.02. The number of hydrogen-bond donors (Lipinski definition) is 3. The molecule has 0 spiro atoms. The van der Waals surface area contributed by atoms with E-state index < -0.39 is 33.9 Å². The average molecular weight is 236 g/mol. The van der Waals surface area contributed by atoms with Crippen LogP contribution in [0.25, 0.3) is 0 Å². The normalized spacial score (nSPS) is 16.1. The molecule has 0 radical (unpaired) electrons. The van der Waals surface area contributed by atoms with Crippen LogP contribution in [0.4, 0.5) is 0 Å². The van der Waals surface area contributed by atoms with Gasteiger partial charge in [0, 0.05) is 16.3 Å². The lowest BCUT2D eigenvalue weighted by Crippen LogP contribution is -2.55. The minimum Gasteiger partial charge on any atom is -0.480 e. The first-order valence-corrected chi connectivity index (χ1v) is 4.28. The van der Waals surface area contributed by atoms with Crippen LogP contribution >= 0.6 is 0 Å². The molecule has 0 rings (SSSR count). The van der Waals surface area contributed by atoms with Gasteiger partial charge in [-0.05, 0) is 6.54 Å². The molecule has 3 atom stereocenters. The van der Waals surface area contributed by atoms with Crippen molar-refractivity contribution in [3.8, 4) is 0 Å². The molecule has 16 heavy (non-hydrogen) atoms. The molecule has 3 unspecified atom stereocenters. The molecule has 0 fully saturated rings. The predicted octanol–water partition coefficient (Wildman–Crippen LogP) is -1.96. The zero-order chi connectivity index (χ0) is 12.9. The lowest BCUT2D eigenvalue weighted by molar-refractivity contribution is -0.618. The molecule has 0 aromatic heterocycles. The van der Waals surface area contributed by atoms with Gasteiger partial charge in [0.2, 0.25) is 0 Å². The first kappa shape index (κ1) is 14.2. The van der Waals surface area contributed by atoms with Gasteiger partial charge < -0.3 is 16.6 Å². The molecule has 0 amide bonds. The van der Waals surface area contributed by atoms with Crippen LogP contribution in [0.5, 0.6) is 0 Å². The highest BCUT2D eigenvalue weighted by Gasteiger charge is 2.48. The predicted molar refractivity (Wildman–Crippen MR) is 50.8 cm³/mol. The third kappa shape index (κ3) is 3.40. The summed E-state index contributed by atoms with van der Waals surface area (Å²) in [5, 5.41) is 29.7. The summed E-state index contributed by atoms with van der Waals surface area (Å²) < 4.78 is 0. The van der Waals surface area contributed by atoms with E-state index in [0.717, 1.165) is 0 Å². The van der Waals surface area contributed by atoms with Crippen molar-refractivity contribution in [2.45, 2.75) is 24.5 Å². The maximum atomic E-state index is 10.6. The number of rotatable bonds is 7. The standard InChI is InChI=1S/C6H12N4O6/c7-2-1-3(9(13)14)5(10(15)16)4(8)6(11)12/h3-5H,1-2,7-8H2,(H,11,12). The molecule has 0 saturated heterocycles. The zero-order valence-electron chi connectivity index (χ0n) is 8.18. The van der Waals surface area contributed by atoms with Crippen LogP contribution in [0.3, 0.4) is 0 Å². The Bertz CT molecular complexity index is 295. The van der Waals surface area contributed by atoms with Gasteiger partial charge in [0.05, 0.1) is 0 Å².